The minimum Gasteiger partial charge on any atom is -0.350 e. The van der Waals surface area contributed by atoms with Crippen molar-refractivity contribution in [2.75, 3.05) is 17.3 Å². The average molecular weight is 344 g/mol. The summed E-state index contributed by atoms with van der Waals surface area (Å²) in [4.78, 5) is 21.3. The molecule has 5 nitrogen and oxygen atoms in total. The maximum absolute atomic E-state index is 12.6. The second-order valence-electron chi connectivity index (χ2n) is 5.66. The highest BCUT2D eigenvalue weighted by molar-refractivity contribution is 7.98. The van der Waals surface area contributed by atoms with Crippen LogP contribution < -0.4 is 10.6 Å². The Morgan fingerprint density at radius 2 is 1.83 bits per heavy atom. The summed E-state index contributed by atoms with van der Waals surface area (Å²) >= 11 is 1.72. The molecule has 24 heavy (non-hydrogen) atoms. The summed E-state index contributed by atoms with van der Waals surface area (Å²) in [6.45, 7) is 4.36. The van der Waals surface area contributed by atoms with Crippen LogP contribution in [0.15, 0.2) is 36.4 Å². The number of hydrogen-bond donors (Lipinski definition) is 2. The highest BCUT2D eigenvalue weighted by Gasteiger charge is 2.19. The molecule has 0 spiro atoms. The van der Waals surface area contributed by atoms with Gasteiger partial charge in [0.2, 0.25) is 11.9 Å². The molecule has 1 atom stereocenters. The molecule has 128 valence electrons. The Morgan fingerprint density at radius 1 is 1.17 bits per heavy atom. The highest BCUT2D eigenvalue weighted by Crippen LogP contribution is 2.10. The zero-order valence-corrected chi connectivity index (χ0v) is 15.2. The first-order valence-electron chi connectivity index (χ1n) is 7.98. The molecule has 6 heteroatoms. The molecular weight excluding hydrogens is 320 g/mol. The Balaban J connectivity index is 2.01. The van der Waals surface area contributed by atoms with Gasteiger partial charge in [-0.3, -0.25) is 4.79 Å². The summed E-state index contributed by atoms with van der Waals surface area (Å²) in [5.74, 6) is 1.37. The molecule has 1 heterocycles. The van der Waals surface area contributed by atoms with Gasteiger partial charge in [0.1, 0.15) is 6.04 Å². The predicted molar refractivity (Wildman–Crippen MR) is 100 cm³/mol. The Kier molecular flexibility index (Phi) is 7.06. The number of aryl methyl sites for hydroxylation is 2. The number of anilines is 1. The Hall–Kier alpha value is -2.08. The third-order valence-corrected chi connectivity index (χ3v) is 4.17. The normalized spacial score (nSPS) is 11.8. The van der Waals surface area contributed by atoms with Gasteiger partial charge in [0.25, 0.3) is 0 Å². The smallest absolute Gasteiger partial charge is 0.242 e. The molecule has 0 unspecified atom stereocenters. The minimum atomic E-state index is -0.345. The van der Waals surface area contributed by atoms with Crippen LogP contribution in [-0.4, -0.2) is 33.9 Å². The summed E-state index contributed by atoms with van der Waals surface area (Å²) in [7, 11) is 0. The van der Waals surface area contributed by atoms with Gasteiger partial charge in [0.05, 0.1) is 0 Å². The van der Waals surface area contributed by atoms with Crippen LogP contribution in [-0.2, 0) is 11.3 Å². The van der Waals surface area contributed by atoms with E-state index in [0.717, 1.165) is 29.1 Å². The Bertz CT molecular complexity index is 643. The van der Waals surface area contributed by atoms with E-state index in [1.165, 1.54) is 0 Å². The van der Waals surface area contributed by atoms with E-state index in [2.05, 4.69) is 20.6 Å². The number of thioether (sulfide) groups is 1. The average Bonchev–Trinajstić information content (AvgIpc) is 2.56. The summed E-state index contributed by atoms with van der Waals surface area (Å²) in [6.07, 6.45) is 2.75. The van der Waals surface area contributed by atoms with E-state index in [9.17, 15) is 4.79 Å². The van der Waals surface area contributed by atoms with Gasteiger partial charge in [-0.15, -0.1) is 0 Å². The van der Waals surface area contributed by atoms with Crippen LogP contribution in [0.2, 0.25) is 0 Å². The van der Waals surface area contributed by atoms with Crippen molar-refractivity contribution in [2.45, 2.75) is 32.9 Å². The topological polar surface area (TPSA) is 66.9 Å². The summed E-state index contributed by atoms with van der Waals surface area (Å²) < 4.78 is 0. The van der Waals surface area contributed by atoms with E-state index >= 15 is 0 Å². The second kappa shape index (κ2) is 9.27. The van der Waals surface area contributed by atoms with Crippen molar-refractivity contribution in [2.24, 2.45) is 0 Å². The Labute approximate surface area is 147 Å². The zero-order chi connectivity index (χ0) is 17.4. The fourth-order valence-electron chi connectivity index (χ4n) is 2.36. The van der Waals surface area contributed by atoms with Gasteiger partial charge in [-0.05, 0) is 43.9 Å². The van der Waals surface area contributed by atoms with Crippen LogP contribution in [0.1, 0.15) is 23.4 Å². The van der Waals surface area contributed by atoms with Gasteiger partial charge in [0.15, 0.2) is 0 Å². The third-order valence-electron chi connectivity index (χ3n) is 3.52. The molecule has 1 aromatic heterocycles. The number of aromatic nitrogens is 2. The molecule has 0 radical (unpaired) electrons. The lowest BCUT2D eigenvalue weighted by Crippen LogP contribution is -2.40. The molecule has 0 fully saturated rings. The SMILES string of the molecule is CSCC[C@H](Nc1nc(C)cc(C)n1)C(=O)NCc1ccccc1. The number of hydrogen-bond acceptors (Lipinski definition) is 5. The lowest BCUT2D eigenvalue weighted by Gasteiger charge is -2.18. The quantitative estimate of drug-likeness (QED) is 0.771. The lowest BCUT2D eigenvalue weighted by molar-refractivity contribution is -0.122. The molecule has 0 saturated carbocycles. The maximum atomic E-state index is 12.6. The molecule has 0 saturated heterocycles. The number of benzene rings is 1. The molecule has 0 aliphatic carbocycles. The monoisotopic (exact) mass is 344 g/mol. The van der Waals surface area contributed by atoms with Crippen molar-refractivity contribution in [1.82, 2.24) is 15.3 Å². The number of amides is 1. The van der Waals surface area contributed by atoms with E-state index in [0.29, 0.717) is 12.5 Å². The van der Waals surface area contributed by atoms with Crippen molar-refractivity contribution >= 4 is 23.6 Å². The first kappa shape index (κ1) is 18.3. The van der Waals surface area contributed by atoms with Gasteiger partial charge in [-0.2, -0.15) is 11.8 Å². The van der Waals surface area contributed by atoms with E-state index < -0.39 is 0 Å². The molecule has 1 aromatic carbocycles. The van der Waals surface area contributed by atoms with Crippen molar-refractivity contribution < 1.29 is 4.79 Å². The van der Waals surface area contributed by atoms with E-state index in [1.807, 2.05) is 56.5 Å². The third kappa shape index (κ3) is 5.85. The minimum absolute atomic E-state index is 0.0318. The molecule has 2 rings (SSSR count). The number of nitrogens with one attached hydrogen (secondary N) is 2. The van der Waals surface area contributed by atoms with Crippen LogP contribution in [0.4, 0.5) is 5.95 Å². The van der Waals surface area contributed by atoms with E-state index in [-0.39, 0.29) is 11.9 Å². The van der Waals surface area contributed by atoms with Crippen LogP contribution >= 0.6 is 11.8 Å². The van der Waals surface area contributed by atoms with Gasteiger partial charge >= 0.3 is 0 Å². The molecule has 1 amide bonds. The highest BCUT2D eigenvalue weighted by atomic mass is 32.2. The fraction of sp³-hybridized carbons (Fsp3) is 0.389. The summed E-state index contributed by atoms with van der Waals surface area (Å²) in [5, 5.41) is 6.18. The number of carbonyl (C=O) groups is 1. The number of carbonyl (C=O) groups excluding carboxylic acids is 1. The van der Waals surface area contributed by atoms with Crippen LogP contribution in [0.5, 0.6) is 0 Å². The van der Waals surface area contributed by atoms with Crippen molar-refractivity contribution in [3.63, 3.8) is 0 Å². The first-order valence-corrected chi connectivity index (χ1v) is 9.37. The molecule has 2 aromatic rings. The maximum Gasteiger partial charge on any atom is 0.242 e. The van der Waals surface area contributed by atoms with Crippen molar-refractivity contribution in [1.29, 1.82) is 0 Å². The van der Waals surface area contributed by atoms with Gasteiger partial charge in [-0.25, -0.2) is 9.97 Å². The first-order chi connectivity index (χ1) is 11.6. The van der Waals surface area contributed by atoms with Crippen LogP contribution in [0.25, 0.3) is 0 Å². The lowest BCUT2D eigenvalue weighted by atomic mass is 10.2. The fourth-order valence-corrected chi connectivity index (χ4v) is 2.83. The van der Waals surface area contributed by atoms with Crippen LogP contribution in [0, 0.1) is 13.8 Å². The van der Waals surface area contributed by atoms with Crippen molar-refractivity contribution in [3.05, 3.63) is 53.3 Å². The summed E-state index contributed by atoms with van der Waals surface area (Å²) in [6, 6.07) is 11.5. The van der Waals surface area contributed by atoms with Gasteiger partial charge in [0, 0.05) is 17.9 Å². The standard InChI is InChI=1S/C18H24N4OS/c1-13-11-14(2)21-18(20-13)22-16(9-10-24-3)17(23)19-12-15-7-5-4-6-8-15/h4-8,11,16H,9-10,12H2,1-3H3,(H,19,23)(H,20,21,22)/t16-/m0/s1. The second-order valence-corrected chi connectivity index (χ2v) is 6.64. The Morgan fingerprint density at radius 3 is 2.46 bits per heavy atom. The molecular formula is C18H24N4OS. The molecule has 0 aliphatic rings. The largest absolute Gasteiger partial charge is 0.350 e. The predicted octanol–water partition coefficient (Wildman–Crippen LogP) is 2.94. The molecule has 0 bridgehead atoms. The van der Waals surface area contributed by atoms with E-state index in [4.69, 9.17) is 0 Å². The van der Waals surface area contributed by atoms with Crippen molar-refractivity contribution in [3.8, 4) is 0 Å². The number of rotatable bonds is 8. The zero-order valence-electron chi connectivity index (χ0n) is 14.4. The molecule has 0 aliphatic heterocycles. The van der Waals surface area contributed by atoms with Gasteiger partial charge < -0.3 is 10.6 Å². The van der Waals surface area contributed by atoms with Gasteiger partial charge in [-0.1, -0.05) is 30.3 Å². The molecule has 2 N–H and O–H groups in total. The number of nitrogens with zero attached hydrogens (tertiary/aromatic N) is 2. The summed E-state index contributed by atoms with van der Waals surface area (Å²) in [5.41, 5.74) is 2.86. The van der Waals surface area contributed by atoms with Crippen LogP contribution in [0.3, 0.4) is 0 Å². The van der Waals surface area contributed by atoms with E-state index in [1.54, 1.807) is 11.8 Å².